The number of fused-ring (bicyclic) bond motifs is 2. The van der Waals surface area contributed by atoms with Gasteiger partial charge in [-0.3, -0.25) is 4.79 Å². The zero-order valence-corrected chi connectivity index (χ0v) is 17.1. The van der Waals surface area contributed by atoms with Crippen molar-refractivity contribution in [3.8, 4) is 0 Å². The maximum absolute atomic E-state index is 12.7. The zero-order chi connectivity index (χ0) is 23.0. The zero-order valence-electron chi connectivity index (χ0n) is 16.3. The number of carbonyl (C=O) groups is 2. The molecular weight excluding hydrogens is 453 g/mol. The first-order valence-electron chi connectivity index (χ1n) is 9.19. The van der Waals surface area contributed by atoms with Crippen molar-refractivity contribution in [2.75, 3.05) is 0 Å². The summed E-state index contributed by atoms with van der Waals surface area (Å²) in [6.45, 7) is 0.654. The molecule has 0 aliphatic rings. The number of carbonyl (C=O) groups excluding carboxylic acids is 2. The highest BCUT2D eigenvalue weighted by Gasteiger charge is 2.39. The molecule has 166 valence electrons. The number of rotatable bonds is 5. The number of esters is 1. The van der Waals surface area contributed by atoms with Crippen LogP contribution in [0.25, 0.3) is 16.6 Å². The minimum absolute atomic E-state index is 0.00401. The number of halogens is 4. The smallest absolute Gasteiger partial charge is 0.425 e. The molecular formula is C20H14ClF3N4O4. The Morgan fingerprint density at radius 2 is 2.06 bits per heavy atom. The summed E-state index contributed by atoms with van der Waals surface area (Å²) in [6.07, 6.45) is -2.48. The molecule has 0 aliphatic heterocycles. The largest absolute Gasteiger partial charge is 0.458 e. The van der Waals surface area contributed by atoms with Gasteiger partial charge < -0.3 is 14.5 Å². The third kappa shape index (κ3) is 4.24. The van der Waals surface area contributed by atoms with Gasteiger partial charge in [0, 0.05) is 22.8 Å². The predicted molar refractivity (Wildman–Crippen MR) is 106 cm³/mol. The van der Waals surface area contributed by atoms with E-state index in [1.54, 1.807) is 12.3 Å². The molecule has 0 fully saturated rings. The van der Waals surface area contributed by atoms with Crippen LogP contribution >= 0.6 is 11.6 Å². The molecule has 0 aliphatic carbocycles. The molecule has 12 heteroatoms. The summed E-state index contributed by atoms with van der Waals surface area (Å²) in [5.74, 6) is -1.45. The first-order valence-corrected chi connectivity index (χ1v) is 9.57. The number of benzene rings is 1. The maximum atomic E-state index is 12.7. The summed E-state index contributed by atoms with van der Waals surface area (Å²) in [6, 6.07) is 5.82. The first kappa shape index (κ1) is 21.6. The number of hydrogen-bond acceptors (Lipinski definition) is 6. The van der Waals surface area contributed by atoms with Crippen LogP contribution in [0.1, 0.15) is 33.4 Å². The van der Waals surface area contributed by atoms with Gasteiger partial charge in [0.1, 0.15) is 22.5 Å². The molecule has 0 radical (unpaired) electrons. The van der Waals surface area contributed by atoms with E-state index in [1.807, 2.05) is 0 Å². The maximum Gasteiger partial charge on any atom is 0.425 e. The highest BCUT2D eigenvalue weighted by Crippen LogP contribution is 2.30. The topological polar surface area (TPSA) is 98.7 Å². The van der Waals surface area contributed by atoms with Gasteiger partial charge in [-0.2, -0.15) is 18.3 Å². The summed E-state index contributed by atoms with van der Waals surface area (Å²) >= 11 is 6.00. The van der Waals surface area contributed by atoms with Crippen LogP contribution in [0.4, 0.5) is 13.2 Å². The molecule has 0 saturated carbocycles. The van der Waals surface area contributed by atoms with Crippen molar-refractivity contribution in [3.63, 3.8) is 0 Å². The molecule has 3 aromatic heterocycles. The molecule has 8 nitrogen and oxygen atoms in total. The number of nitrogens with one attached hydrogen (secondary N) is 1. The molecule has 3 heterocycles. The number of nitrogens with zero attached hydrogens (tertiary/aromatic N) is 3. The first-order chi connectivity index (χ1) is 15.1. The molecule has 0 unspecified atom stereocenters. The number of furan rings is 1. The molecule has 1 N–H and O–H groups in total. The van der Waals surface area contributed by atoms with E-state index in [1.165, 1.54) is 29.0 Å². The standard InChI is InChI=1S/C20H14ClF3N4O4/c1-10(20(22,23)24)31-19(30)14-7-12(21)5-11-6-13(32-16(11)14)8-26-18(29)15-9-27-28-4-2-3-25-17(15)28/h2-7,9-10H,8H2,1H3,(H,26,29)/t10-/m1/s1. The van der Waals surface area contributed by atoms with Crippen molar-refractivity contribution in [1.29, 1.82) is 0 Å². The second-order valence-corrected chi connectivity index (χ2v) is 7.24. The van der Waals surface area contributed by atoms with Gasteiger partial charge in [0.2, 0.25) is 0 Å². The SMILES string of the molecule is C[C@@H](OC(=O)c1cc(Cl)cc2cc(CNC(=O)c3cnn4cccnc34)oc12)C(F)(F)F. The van der Waals surface area contributed by atoms with Crippen molar-refractivity contribution < 1.29 is 31.9 Å². The normalized spacial score (nSPS) is 12.8. The highest BCUT2D eigenvalue weighted by atomic mass is 35.5. The second-order valence-electron chi connectivity index (χ2n) is 6.80. The van der Waals surface area contributed by atoms with Gasteiger partial charge in [0.25, 0.3) is 5.91 Å². The summed E-state index contributed by atoms with van der Waals surface area (Å²) in [4.78, 5) is 28.9. The fourth-order valence-electron chi connectivity index (χ4n) is 2.95. The van der Waals surface area contributed by atoms with Gasteiger partial charge in [-0.15, -0.1) is 0 Å². The lowest BCUT2D eigenvalue weighted by Crippen LogP contribution is -2.30. The Balaban J connectivity index is 1.55. The lowest BCUT2D eigenvalue weighted by atomic mass is 10.1. The van der Waals surface area contributed by atoms with E-state index in [9.17, 15) is 22.8 Å². The van der Waals surface area contributed by atoms with Crippen molar-refractivity contribution in [2.24, 2.45) is 0 Å². The molecule has 4 rings (SSSR count). The Kier molecular flexibility index (Phi) is 5.51. The summed E-state index contributed by atoms with van der Waals surface area (Å²) in [5.41, 5.74) is 0.351. The molecule has 32 heavy (non-hydrogen) atoms. The van der Waals surface area contributed by atoms with Gasteiger partial charge in [-0.05, 0) is 31.2 Å². The second kappa shape index (κ2) is 8.15. The third-order valence-electron chi connectivity index (χ3n) is 4.54. The fourth-order valence-corrected chi connectivity index (χ4v) is 3.18. The van der Waals surface area contributed by atoms with Gasteiger partial charge in [0.15, 0.2) is 11.8 Å². The minimum atomic E-state index is -4.71. The summed E-state index contributed by atoms with van der Waals surface area (Å²) in [7, 11) is 0. The van der Waals surface area contributed by atoms with Crippen LogP contribution in [-0.4, -0.2) is 38.8 Å². The molecule has 0 bridgehead atoms. The summed E-state index contributed by atoms with van der Waals surface area (Å²) < 4.78 is 49.7. The quantitative estimate of drug-likeness (QED) is 0.443. The van der Waals surface area contributed by atoms with Crippen molar-refractivity contribution in [1.82, 2.24) is 19.9 Å². The van der Waals surface area contributed by atoms with Crippen LogP contribution in [0.15, 0.2) is 47.3 Å². The third-order valence-corrected chi connectivity index (χ3v) is 4.76. The van der Waals surface area contributed by atoms with E-state index >= 15 is 0 Å². The van der Waals surface area contributed by atoms with Gasteiger partial charge in [0.05, 0.1) is 12.7 Å². The Bertz CT molecular complexity index is 1330. The van der Waals surface area contributed by atoms with Crippen LogP contribution in [0.2, 0.25) is 5.02 Å². The van der Waals surface area contributed by atoms with Crippen LogP contribution < -0.4 is 5.32 Å². The number of alkyl halides is 3. The van der Waals surface area contributed by atoms with Crippen molar-refractivity contribution in [3.05, 3.63) is 64.8 Å². The Labute approximate surface area is 182 Å². The molecule has 1 amide bonds. The van der Waals surface area contributed by atoms with Crippen LogP contribution in [0.3, 0.4) is 0 Å². The van der Waals surface area contributed by atoms with Crippen LogP contribution in [-0.2, 0) is 11.3 Å². The molecule has 0 saturated heterocycles. The van der Waals surface area contributed by atoms with Gasteiger partial charge in [-0.1, -0.05) is 11.6 Å². The lowest BCUT2D eigenvalue weighted by Gasteiger charge is -2.16. The fraction of sp³-hybridized carbons (Fsp3) is 0.200. The van der Waals surface area contributed by atoms with E-state index < -0.39 is 24.2 Å². The molecule has 1 atom stereocenters. The van der Waals surface area contributed by atoms with E-state index in [0.29, 0.717) is 11.0 Å². The van der Waals surface area contributed by atoms with Gasteiger partial charge >= 0.3 is 12.1 Å². The average molecular weight is 467 g/mol. The highest BCUT2D eigenvalue weighted by molar-refractivity contribution is 6.32. The van der Waals surface area contributed by atoms with Crippen molar-refractivity contribution in [2.45, 2.75) is 25.7 Å². The Morgan fingerprint density at radius 3 is 2.81 bits per heavy atom. The van der Waals surface area contributed by atoms with Crippen LogP contribution in [0, 0.1) is 0 Å². The molecule has 4 aromatic rings. The number of aromatic nitrogens is 3. The van der Waals surface area contributed by atoms with E-state index in [0.717, 1.165) is 13.0 Å². The average Bonchev–Trinajstić information content (AvgIpc) is 3.34. The lowest BCUT2D eigenvalue weighted by molar-refractivity contribution is -0.198. The number of amides is 1. The summed E-state index contributed by atoms with van der Waals surface area (Å²) in [5, 5.41) is 7.16. The van der Waals surface area contributed by atoms with E-state index in [2.05, 4.69) is 20.1 Å². The number of ether oxygens (including phenoxy) is 1. The molecule has 0 spiro atoms. The Morgan fingerprint density at radius 1 is 1.28 bits per heavy atom. The molecule has 1 aromatic carbocycles. The van der Waals surface area contributed by atoms with Crippen molar-refractivity contribution >= 4 is 40.1 Å². The van der Waals surface area contributed by atoms with E-state index in [4.69, 9.17) is 16.0 Å². The number of hydrogen-bond donors (Lipinski definition) is 1. The van der Waals surface area contributed by atoms with Gasteiger partial charge in [-0.25, -0.2) is 14.3 Å². The minimum Gasteiger partial charge on any atom is -0.458 e. The monoisotopic (exact) mass is 466 g/mol. The van der Waals surface area contributed by atoms with Crippen LogP contribution in [0.5, 0.6) is 0 Å². The predicted octanol–water partition coefficient (Wildman–Crippen LogP) is 4.17. The Hall–Kier alpha value is -3.60. The van der Waals surface area contributed by atoms with E-state index in [-0.39, 0.29) is 34.0 Å².